The summed E-state index contributed by atoms with van der Waals surface area (Å²) in [5, 5.41) is 8.67. The molecule has 0 amide bonds. The van der Waals surface area contributed by atoms with Gasteiger partial charge < -0.3 is 10.8 Å². The Kier molecular flexibility index (Phi) is 3.47. The van der Waals surface area contributed by atoms with Gasteiger partial charge in [-0.1, -0.05) is 37.9 Å². The minimum absolute atomic E-state index is 0.565. The summed E-state index contributed by atoms with van der Waals surface area (Å²) in [7, 11) is 0. The fourth-order valence-corrected chi connectivity index (χ4v) is 2.18. The normalized spacial score (nSPS) is 12.5. The van der Waals surface area contributed by atoms with Gasteiger partial charge in [-0.15, -0.1) is 0 Å². The van der Waals surface area contributed by atoms with Crippen LogP contribution in [0.3, 0.4) is 0 Å². The smallest absolute Gasteiger partial charge is 0.325 e. The molecular formula is C8H7Br2NO2. The van der Waals surface area contributed by atoms with Gasteiger partial charge in [-0.25, -0.2) is 0 Å². The molecule has 0 aliphatic heterocycles. The van der Waals surface area contributed by atoms with Crippen molar-refractivity contribution in [1.82, 2.24) is 0 Å². The summed E-state index contributed by atoms with van der Waals surface area (Å²) >= 11 is 6.51. The quantitative estimate of drug-likeness (QED) is 0.881. The largest absolute Gasteiger partial charge is 0.480 e. The molecule has 3 nitrogen and oxygen atoms in total. The molecule has 0 unspecified atom stereocenters. The maximum absolute atomic E-state index is 10.6. The average molecular weight is 309 g/mol. The number of carbonyl (C=O) groups is 1. The number of hydrogen-bond acceptors (Lipinski definition) is 2. The SMILES string of the molecule is N[C@@H](C(=O)O)c1ccc(Br)cc1Br. The van der Waals surface area contributed by atoms with E-state index in [1.807, 2.05) is 0 Å². The van der Waals surface area contributed by atoms with Crippen LogP contribution in [-0.2, 0) is 4.79 Å². The predicted octanol–water partition coefficient (Wildman–Crippen LogP) is 2.30. The fraction of sp³-hybridized carbons (Fsp3) is 0.125. The maximum Gasteiger partial charge on any atom is 0.325 e. The van der Waals surface area contributed by atoms with Crippen LogP contribution in [-0.4, -0.2) is 11.1 Å². The topological polar surface area (TPSA) is 63.3 Å². The molecule has 0 aromatic heterocycles. The minimum atomic E-state index is -1.04. The third-order valence-corrected chi connectivity index (χ3v) is 2.74. The van der Waals surface area contributed by atoms with Crippen molar-refractivity contribution < 1.29 is 9.90 Å². The number of carboxylic acids is 1. The van der Waals surface area contributed by atoms with Crippen LogP contribution in [0.2, 0.25) is 0 Å². The Morgan fingerprint density at radius 2 is 2.08 bits per heavy atom. The summed E-state index contributed by atoms with van der Waals surface area (Å²) in [6.45, 7) is 0. The highest BCUT2D eigenvalue weighted by molar-refractivity contribution is 9.11. The second-order valence-electron chi connectivity index (χ2n) is 2.48. The van der Waals surface area contributed by atoms with E-state index >= 15 is 0 Å². The van der Waals surface area contributed by atoms with E-state index in [1.165, 1.54) is 0 Å². The van der Waals surface area contributed by atoms with Crippen LogP contribution in [0.5, 0.6) is 0 Å². The van der Waals surface area contributed by atoms with Crippen molar-refractivity contribution >= 4 is 37.8 Å². The lowest BCUT2D eigenvalue weighted by atomic mass is 10.1. The van der Waals surface area contributed by atoms with Crippen LogP contribution in [0.25, 0.3) is 0 Å². The summed E-state index contributed by atoms with van der Waals surface area (Å²) in [5.74, 6) is -1.04. The Bertz CT molecular complexity index is 341. The van der Waals surface area contributed by atoms with E-state index in [2.05, 4.69) is 31.9 Å². The summed E-state index contributed by atoms with van der Waals surface area (Å²) < 4.78 is 1.57. The van der Waals surface area contributed by atoms with Crippen molar-refractivity contribution in [2.75, 3.05) is 0 Å². The molecule has 5 heteroatoms. The van der Waals surface area contributed by atoms with Gasteiger partial charge in [0, 0.05) is 8.95 Å². The Balaban J connectivity index is 3.08. The fourth-order valence-electron chi connectivity index (χ4n) is 0.887. The molecule has 0 radical (unpaired) electrons. The number of halogens is 2. The molecule has 3 N–H and O–H groups in total. The van der Waals surface area contributed by atoms with Crippen LogP contribution < -0.4 is 5.73 Å². The number of benzene rings is 1. The van der Waals surface area contributed by atoms with Gasteiger partial charge in [0.2, 0.25) is 0 Å². The molecule has 1 aromatic carbocycles. The van der Waals surface area contributed by atoms with Gasteiger partial charge in [-0.05, 0) is 17.7 Å². The van der Waals surface area contributed by atoms with Gasteiger partial charge in [0.15, 0.2) is 0 Å². The molecule has 0 aliphatic carbocycles. The molecule has 0 aliphatic rings. The maximum atomic E-state index is 10.6. The summed E-state index contributed by atoms with van der Waals surface area (Å²) in [5.41, 5.74) is 6.01. The molecule has 0 fully saturated rings. The van der Waals surface area contributed by atoms with Crippen LogP contribution in [0, 0.1) is 0 Å². The third-order valence-electron chi connectivity index (χ3n) is 1.56. The number of nitrogens with two attached hydrogens (primary N) is 1. The van der Waals surface area contributed by atoms with E-state index in [4.69, 9.17) is 10.8 Å². The first-order valence-electron chi connectivity index (χ1n) is 3.45. The molecule has 1 rings (SSSR count). The highest BCUT2D eigenvalue weighted by Crippen LogP contribution is 2.25. The molecular weight excluding hydrogens is 302 g/mol. The third kappa shape index (κ3) is 2.52. The number of carboxylic acid groups (broad SMARTS) is 1. The van der Waals surface area contributed by atoms with E-state index in [0.29, 0.717) is 10.0 Å². The van der Waals surface area contributed by atoms with Crippen LogP contribution in [0.15, 0.2) is 27.1 Å². The summed E-state index contributed by atoms with van der Waals surface area (Å²) in [4.78, 5) is 10.6. The Morgan fingerprint density at radius 3 is 2.54 bits per heavy atom. The van der Waals surface area contributed by atoms with Gasteiger partial charge in [0.25, 0.3) is 0 Å². The Morgan fingerprint density at radius 1 is 1.46 bits per heavy atom. The molecule has 0 heterocycles. The number of hydrogen-bond donors (Lipinski definition) is 2. The van der Waals surface area contributed by atoms with Crippen molar-refractivity contribution in [2.24, 2.45) is 5.73 Å². The molecule has 70 valence electrons. The molecule has 0 bridgehead atoms. The van der Waals surface area contributed by atoms with Crippen molar-refractivity contribution in [2.45, 2.75) is 6.04 Å². The monoisotopic (exact) mass is 307 g/mol. The number of rotatable bonds is 2. The van der Waals surface area contributed by atoms with Crippen LogP contribution >= 0.6 is 31.9 Å². The molecule has 13 heavy (non-hydrogen) atoms. The first-order chi connectivity index (χ1) is 6.02. The molecule has 0 saturated heterocycles. The zero-order valence-corrected chi connectivity index (χ0v) is 9.67. The van der Waals surface area contributed by atoms with Crippen LogP contribution in [0.1, 0.15) is 11.6 Å². The zero-order chi connectivity index (χ0) is 10.0. The van der Waals surface area contributed by atoms with E-state index in [-0.39, 0.29) is 0 Å². The summed E-state index contributed by atoms with van der Waals surface area (Å²) in [6.07, 6.45) is 0. The van der Waals surface area contributed by atoms with Gasteiger partial charge in [0.1, 0.15) is 6.04 Å². The van der Waals surface area contributed by atoms with E-state index in [9.17, 15) is 4.79 Å². The van der Waals surface area contributed by atoms with Gasteiger partial charge in [0.05, 0.1) is 0 Å². The molecule has 1 atom stereocenters. The Labute approximate surface area is 92.2 Å². The van der Waals surface area contributed by atoms with E-state index in [0.717, 1.165) is 4.47 Å². The zero-order valence-electron chi connectivity index (χ0n) is 6.50. The second-order valence-corrected chi connectivity index (χ2v) is 4.25. The van der Waals surface area contributed by atoms with Crippen LogP contribution in [0.4, 0.5) is 0 Å². The lowest BCUT2D eigenvalue weighted by Crippen LogP contribution is -2.20. The highest BCUT2D eigenvalue weighted by Gasteiger charge is 2.16. The van der Waals surface area contributed by atoms with Gasteiger partial charge in [-0.2, -0.15) is 0 Å². The van der Waals surface area contributed by atoms with E-state index < -0.39 is 12.0 Å². The Hall–Kier alpha value is -0.390. The standard InChI is InChI=1S/C8H7Br2NO2/c9-4-1-2-5(6(10)3-4)7(11)8(12)13/h1-3,7H,11H2,(H,12,13)/t7-/m1/s1. The van der Waals surface area contributed by atoms with E-state index in [1.54, 1.807) is 18.2 Å². The average Bonchev–Trinajstić information content (AvgIpc) is 2.03. The minimum Gasteiger partial charge on any atom is -0.480 e. The predicted molar refractivity (Wildman–Crippen MR) is 56.4 cm³/mol. The van der Waals surface area contributed by atoms with Gasteiger partial charge in [-0.3, -0.25) is 4.79 Å². The van der Waals surface area contributed by atoms with Crippen molar-refractivity contribution in [3.63, 3.8) is 0 Å². The van der Waals surface area contributed by atoms with Crippen molar-refractivity contribution in [1.29, 1.82) is 0 Å². The molecule has 1 aromatic rings. The first-order valence-corrected chi connectivity index (χ1v) is 5.04. The number of aliphatic carboxylic acids is 1. The van der Waals surface area contributed by atoms with Gasteiger partial charge >= 0.3 is 5.97 Å². The first kappa shape index (κ1) is 10.7. The highest BCUT2D eigenvalue weighted by atomic mass is 79.9. The second kappa shape index (κ2) is 4.21. The summed E-state index contributed by atoms with van der Waals surface area (Å²) in [6, 6.07) is 4.20. The lowest BCUT2D eigenvalue weighted by molar-refractivity contribution is -0.138. The molecule has 0 spiro atoms. The van der Waals surface area contributed by atoms with Crippen molar-refractivity contribution in [3.8, 4) is 0 Å². The van der Waals surface area contributed by atoms with Crippen molar-refractivity contribution in [3.05, 3.63) is 32.7 Å². The molecule has 0 saturated carbocycles. The lowest BCUT2D eigenvalue weighted by Gasteiger charge is -2.08.